The van der Waals surface area contributed by atoms with Crippen molar-refractivity contribution < 1.29 is 14.0 Å². The Morgan fingerprint density at radius 3 is 2.42 bits per heavy atom. The van der Waals surface area contributed by atoms with Crippen LogP contribution in [-0.4, -0.2) is 21.4 Å². The number of rotatable bonds is 4. The highest BCUT2D eigenvalue weighted by Gasteiger charge is 2.49. The van der Waals surface area contributed by atoms with Gasteiger partial charge in [-0.25, -0.2) is 9.37 Å². The summed E-state index contributed by atoms with van der Waals surface area (Å²) in [5, 5.41) is 4.86. The predicted octanol–water partition coefficient (Wildman–Crippen LogP) is 5.67. The van der Waals surface area contributed by atoms with Gasteiger partial charge >= 0.3 is 0 Å². The van der Waals surface area contributed by atoms with Crippen LogP contribution in [-0.2, 0) is 16.9 Å². The van der Waals surface area contributed by atoms with E-state index in [2.05, 4.69) is 21.8 Å². The normalized spacial score (nSPS) is 17.1. The summed E-state index contributed by atoms with van der Waals surface area (Å²) in [7, 11) is 0. The van der Waals surface area contributed by atoms with E-state index in [1.807, 2.05) is 24.3 Å². The number of carbonyl (C=O) groups excluding carboxylic acids is 2. The molecular formula is C29H23FN4O2. The van der Waals surface area contributed by atoms with Crippen molar-refractivity contribution in [3.63, 3.8) is 0 Å². The predicted molar refractivity (Wildman–Crippen MR) is 138 cm³/mol. The third-order valence-electron chi connectivity index (χ3n) is 6.98. The summed E-state index contributed by atoms with van der Waals surface area (Å²) in [6.45, 7) is 4.48. The minimum atomic E-state index is -1.40. The van der Waals surface area contributed by atoms with E-state index in [1.165, 1.54) is 11.0 Å². The number of nitrogens with zero attached hydrogens (tertiary/aromatic N) is 3. The molecule has 5 aromatic rings. The Bertz CT molecular complexity index is 1690. The minimum absolute atomic E-state index is 0.139. The highest BCUT2D eigenvalue weighted by molar-refractivity contribution is 6.15. The van der Waals surface area contributed by atoms with E-state index >= 15 is 0 Å². The third-order valence-corrected chi connectivity index (χ3v) is 6.98. The van der Waals surface area contributed by atoms with Crippen LogP contribution in [0.1, 0.15) is 29.9 Å². The first-order valence-corrected chi connectivity index (χ1v) is 11.8. The number of aryl methyl sites for hydroxylation is 1. The molecule has 1 aliphatic heterocycles. The largest absolute Gasteiger partial charge is 0.339 e. The number of fused-ring (bicyclic) bond motifs is 4. The Morgan fingerprint density at radius 1 is 0.944 bits per heavy atom. The van der Waals surface area contributed by atoms with Crippen LogP contribution < -0.4 is 10.2 Å². The second-order valence-corrected chi connectivity index (χ2v) is 9.04. The van der Waals surface area contributed by atoms with Gasteiger partial charge in [0.05, 0.1) is 23.1 Å². The monoisotopic (exact) mass is 478 g/mol. The molecule has 0 bridgehead atoms. The minimum Gasteiger partial charge on any atom is -0.339 e. The number of amides is 2. The van der Waals surface area contributed by atoms with Crippen molar-refractivity contribution in [2.24, 2.45) is 0 Å². The van der Waals surface area contributed by atoms with Crippen LogP contribution in [0.15, 0.2) is 85.1 Å². The Hall–Kier alpha value is -4.52. The molecule has 0 saturated heterocycles. The van der Waals surface area contributed by atoms with Gasteiger partial charge in [0.2, 0.25) is 0 Å². The number of nitrogens with one attached hydrogen (secondary N) is 1. The van der Waals surface area contributed by atoms with Gasteiger partial charge in [0.25, 0.3) is 11.8 Å². The SMILES string of the molecule is CCn1c2ccccc2c2cc(C(=O)N[C@]3(C)C(=O)N(c4ccccc4F)c4ccccc43)ncc21. The van der Waals surface area contributed by atoms with Gasteiger partial charge in [-0.15, -0.1) is 0 Å². The van der Waals surface area contributed by atoms with Gasteiger partial charge in [0.15, 0.2) is 0 Å². The number of halogens is 1. The van der Waals surface area contributed by atoms with E-state index in [9.17, 15) is 14.0 Å². The van der Waals surface area contributed by atoms with E-state index in [0.29, 0.717) is 11.3 Å². The molecule has 0 radical (unpaired) electrons. The van der Waals surface area contributed by atoms with Crippen molar-refractivity contribution in [3.05, 3.63) is 102 Å². The summed E-state index contributed by atoms with van der Waals surface area (Å²) in [6.07, 6.45) is 1.70. The van der Waals surface area contributed by atoms with Gasteiger partial charge in [0.1, 0.15) is 17.1 Å². The Morgan fingerprint density at radius 2 is 1.64 bits per heavy atom. The number of hydrogen-bond donors (Lipinski definition) is 1. The standard InChI is InChI=1S/C29H23FN4O2/c1-3-33-23-13-7-4-10-18(23)19-16-22(31-17-26(19)33)27(35)32-29(2)20-11-5-8-14-24(20)34(28(29)36)25-15-9-6-12-21(25)30/h4-17H,3H2,1-2H3,(H,32,35)/t29-/m0/s1. The Labute approximate surface area is 207 Å². The smallest absolute Gasteiger partial charge is 0.271 e. The van der Waals surface area contributed by atoms with Gasteiger partial charge in [-0.05, 0) is 44.2 Å². The maximum Gasteiger partial charge on any atom is 0.271 e. The number of carbonyl (C=O) groups is 2. The fraction of sp³-hybridized carbons (Fsp3) is 0.138. The highest BCUT2D eigenvalue weighted by atomic mass is 19.1. The summed E-state index contributed by atoms with van der Waals surface area (Å²) >= 11 is 0. The van der Waals surface area contributed by atoms with Crippen molar-refractivity contribution in [1.82, 2.24) is 14.9 Å². The van der Waals surface area contributed by atoms with Gasteiger partial charge in [0, 0.05) is 28.4 Å². The first kappa shape index (κ1) is 22.0. The fourth-order valence-electron chi connectivity index (χ4n) is 5.23. The van der Waals surface area contributed by atoms with E-state index in [4.69, 9.17) is 0 Å². The number of hydrogen-bond acceptors (Lipinski definition) is 3. The molecular weight excluding hydrogens is 455 g/mol. The quantitative estimate of drug-likeness (QED) is 0.362. The lowest BCUT2D eigenvalue weighted by atomic mass is 9.93. The molecule has 2 aromatic heterocycles. The molecule has 0 unspecified atom stereocenters. The van der Waals surface area contributed by atoms with Gasteiger partial charge in [-0.3, -0.25) is 14.5 Å². The highest BCUT2D eigenvalue weighted by Crippen LogP contribution is 2.44. The second-order valence-electron chi connectivity index (χ2n) is 9.04. The summed E-state index contributed by atoms with van der Waals surface area (Å²) in [4.78, 5) is 33.0. The molecule has 1 aliphatic rings. The van der Waals surface area contributed by atoms with Crippen LogP contribution in [0, 0.1) is 5.82 Å². The topological polar surface area (TPSA) is 67.2 Å². The molecule has 2 amide bonds. The molecule has 7 heteroatoms. The average molecular weight is 479 g/mol. The maximum absolute atomic E-state index is 14.7. The molecule has 0 spiro atoms. The molecule has 1 atom stereocenters. The lowest BCUT2D eigenvalue weighted by molar-refractivity contribution is -0.122. The maximum atomic E-state index is 14.7. The lowest BCUT2D eigenvalue weighted by Crippen LogP contribution is -2.50. The zero-order valence-corrected chi connectivity index (χ0v) is 19.8. The number of pyridine rings is 1. The van der Waals surface area contributed by atoms with Crippen molar-refractivity contribution in [1.29, 1.82) is 0 Å². The van der Waals surface area contributed by atoms with Gasteiger partial charge in [-0.1, -0.05) is 48.5 Å². The molecule has 0 saturated carbocycles. The summed E-state index contributed by atoms with van der Waals surface area (Å²) < 4.78 is 16.9. The molecule has 0 fully saturated rings. The Balaban J connectivity index is 1.42. The van der Waals surface area contributed by atoms with Gasteiger partial charge < -0.3 is 9.88 Å². The van der Waals surface area contributed by atoms with E-state index in [0.717, 1.165) is 28.4 Å². The average Bonchev–Trinajstić information content (AvgIpc) is 3.33. The lowest BCUT2D eigenvalue weighted by Gasteiger charge is -2.26. The first-order chi connectivity index (χ1) is 17.4. The molecule has 1 N–H and O–H groups in total. The molecule has 3 heterocycles. The van der Waals surface area contributed by atoms with Crippen molar-refractivity contribution in [2.45, 2.75) is 25.9 Å². The van der Waals surface area contributed by atoms with Crippen LogP contribution in [0.5, 0.6) is 0 Å². The summed E-state index contributed by atoms with van der Waals surface area (Å²) in [6, 6.07) is 23.0. The molecule has 178 valence electrons. The van der Waals surface area contributed by atoms with Crippen molar-refractivity contribution >= 4 is 45.0 Å². The molecule has 36 heavy (non-hydrogen) atoms. The van der Waals surface area contributed by atoms with Crippen LogP contribution in [0.2, 0.25) is 0 Å². The zero-order valence-electron chi connectivity index (χ0n) is 19.8. The fourth-order valence-corrected chi connectivity index (χ4v) is 5.23. The van der Waals surface area contributed by atoms with Crippen LogP contribution >= 0.6 is 0 Å². The molecule has 3 aromatic carbocycles. The molecule has 0 aliphatic carbocycles. The van der Waals surface area contributed by atoms with Gasteiger partial charge in [-0.2, -0.15) is 0 Å². The van der Waals surface area contributed by atoms with E-state index in [-0.39, 0.29) is 11.4 Å². The number of anilines is 2. The first-order valence-electron chi connectivity index (χ1n) is 11.8. The number of benzene rings is 3. The number of para-hydroxylation sites is 3. The van der Waals surface area contributed by atoms with Crippen LogP contribution in [0.3, 0.4) is 0 Å². The third kappa shape index (κ3) is 3.05. The second kappa shape index (κ2) is 8.02. The van der Waals surface area contributed by atoms with Crippen molar-refractivity contribution in [3.8, 4) is 0 Å². The van der Waals surface area contributed by atoms with E-state index < -0.39 is 23.2 Å². The van der Waals surface area contributed by atoms with E-state index in [1.54, 1.807) is 61.7 Å². The summed E-state index contributed by atoms with van der Waals surface area (Å²) in [5.74, 6) is -1.44. The molecule has 6 rings (SSSR count). The van der Waals surface area contributed by atoms with Crippen LogP contribution in [0.4, 0.5) is 15.8 Å². The number of aromatic nitrogens is 2. The van der Waals surface area contributed by atoms with Crippen LogP contribution in [0.25, 0.3) is 21.8 Å². The Kier molecular flexibility index (Phi) is 4.89. The summed E-state index contributed by atoms with van der Waals surface area (Å²) in [5.41, 5.74) is 2.08. The molecule has 6 nitrogen and oxygen atoms in total. The zero-order chi connectivity index (χ0) is 25.0. The van der Waals surface area contributed by atoms with Crippen molar-refractivity contribution in [2.75, 3.05) is 4.90 Å².